The molecule has 2 N–H and O–H groups in total. The van der Waals surface area contributed by atoms with E-state index in [1.807, 2.05) is 133 Å². The predicted molar refractivity (Wildman–Crippen MR) is 469 cm³/mol. The number of rotatable bonds is 25. The van der Waals surface area contributed by atoms with E-state index in [-0.39, 0.29) is 83.5 Å². The lowest BCUT2D eigenvalue weighted by atomic mass is 9.97. The number of aromatic nitrogens is 4. The van der Waals surface area contributed by atoms with E-state index in [1.54, 1.807) is 55.4 Å². The quantitative estimate of drug-likeness (QED) is 0.0314. The van der Waals surface area contributed by atoms with Gasteiger partial charge in [-0.2, -0.15) is 0 Å². The van der Waals surface area contributed by atoms with Crippen LogP contribution < -0.4 is 10.6 Å². The van der Waals surface area contributed by atoms with Gasteiger partial charge in [-0.25, -0.2) is 0 Å². The third-order valence-corrected chi connectivity index (χ3v) is 22.1. The van der Waals surface area contributed by atoms with Crippen LogP contribution in [0.4, 0.5) is 0 Å². The van der Waals surface area contributed by atoms with Crippen LogP contribution in [0.3, 0.4) is 0 Å². The number of hydrogen-bond donors (Lipinski definition) is 2. The number of benzene rings is 8. The maximum Gasteiger partial charge on any atom is 0.159 e. The average Bonchev–Trinajstić information content (AvgIpc) is 1.63. The first-order chi connectivity index (χ1) is 52.2. The molecular formula is C93H111Cl3N8O8. The lowest BCUT2D eigenvalue weighted by Crippen LogP contribution is -2.44. The summed E-state index contributed by atoms with van der Waals surface area (Å²) >= 11 is 0. The zero-order valence-electron chi connectivity index (χ0n) is 67.4. The molecule has 2 fully saturated rings. The second-order valence-corrected chi connectivity index (χ2v) is 30.4. The highest BCUT2D eigenvalue weighted by molar-refractivity contribution is 6.17. The molecule has 16 nitrogen and oxygen atoms in total. The molecule has 2 atom stereocenters. The van der Waals surface area contributed by atoms with Crippen molar-refractivity contribution in [1.82, 2.24) is 38.7 Å². The number of halogens is 3. The van der Waals surface area contributed by atoms with Gasteiger partial charge in [-0.1, -0.05) is 39.3 Å². The highest BCUT2D eigenvalue weighted by atomic mass is 35.5. The minimum absolute atomic E-state index is 0. The summed E-state index contributed by atoms with van der Waals surface area (Å²) < 4.78 is 9.22. The van der Waals surface area contributed by atoms with Gasteiger partial charge in [0.2, 0.25) is 0 Å². The molecule has 2 saturated heterocycles. The second kappa shape index (κ2) is 39.5. The maximum absolute atomic E-state index is 11.9. The number of nitrogens with one attached hydrogen (secondary N) is 2. The molecular weight excluding hydrogens is 1460 g/mol. The van der Waals surface area contributed by atoms with E-state index in [1.165, 1.54) is 24.8 Å². The third-order valence-electron chi connectivity index (χ3n) is 22.1. The molecule has 8 aromatic carbocycles. The van der Waals surface area contributed by atoms with Crippen molar-refractivity contribution >= 4 is 171 Å². The number of carbonyl (C=O) groups excluding carboxylic acids is 8. The van der Waals surface area contributed by atoms with E-state index in [0.717, 1.165) is 191 Å². The van der Waals surface area contributed by atoms with Crippen molar-refractivity contribution in [2.75, 3.05) is 45.8 Å². The van der Waals surface area contributed by atoms with E-state index in [2.05, 4.69) is 92.0 Å². The Labute approximate surface area is 677 Å². The van der Waals surface area contributed by atoms with E-state index in [4.69, 9.17) is 0 Å². The van der Waals surface area contributed by atoms with Crippen LogP contribution in [0.25, 0.3) is 87.2 Å². The first-order valence-corrected chi connectivity index (χ1v) is 39.1. The molecule has 0 radical (unpaired) electrons. The van der Waals surface area contributed by atoms with Gasteiger partial charge < -0.3 is 33.8 Å². The molecule has 12 aromatic rings. The van der Waals surface area contributed by atoms with E-state index < -0.39 is 0 Å². The third kappa shape index (κ3) is 20.2. The summed E-state index contributed by atoms with van der Waals surface area (Å²) in [5, 5.41) is 15.2. The van der Waals surface area contributed by atoms with Crippen molar-refractivity contribution in [2.45, 2.75) is 186 Å². The lowest BCUT2D eigenvalue weighted by molar-refractivity contribution is 0.100. The molecule has 112 heavy (non-hydrogen) atoms. The molecule has 0 bridgehead atoms. The molecule has 2 aliphatic rings. The molecule has 2 aliphatic heterocycles. The number of nitrogens with zero attached hydrogens (tertiary/aromatic N) is 6. The van der Waals surface area contributed by atoms with Crippen molar-refractivity contribution in [3.05, 3.63) is 202 Å². The van der Waals surface area contributed by atoms with Gasteiger partial charge in [0, 0.05) is 209 Å². The zero-order valence-corrected chi connectivity index (χ0v) is 69.9. The summed E-state index contributed by atoms with van der Waals surface area (Å²) in [5.41, 5.74) is 15.9. The van der Waals surface area contributed by atoms with Crippen LogP contribution >= 0.6 is 37.2 Å². The molecule has 0 saturated carbocycles. The molecule has 14 rings (SSSR count). The number of aryl methyl sites for hydroxylation is 2. The van der Waals surface area contributed by atoms with Crippen LogP contribution in [0.5, 0.6) is 0 Å². The number of fused-ring (bicyclic) bond motifs is 12. The number of piperidine rings is 2. The Morgan fingerprint density at radius 2 is 0.616 bits per heavy atom. The van der Waals surface area contributed by atoms with Crippen LogP contribution in [0.2, 0.25) is 0 Å². The Kier molecular flexibility index (Phi) is 31.1. The first kappa shape index (κ1) is 88.3. The van der Waals surface area contributed by atoms with Gasteiger partial charge in [0.1, 0.15) is 0 Å². The van der Waals surface area contributed by atoms with Gasteiger partial charge in [-0.05, 0) is 273 Å². The summed E-state index contributed by atoms with van der Waals surface area (Å²) in [6, 6.07) is 48.8. The minimum atomic E-state index is 0. The molecule has 4 aromatic heterocycles. The van der Waals surface area contributed by atoms with E-state index in [9.17, 15) is 38.4 Å². The fourth-order valence-corrected chi connectivity index (χ4v) is 16.0. The number of hydrogen-bond acceptors (Lipinski definition) is 12. The molecule has 0 aliphatic carbocycles. The largest absolute Gasteiger partial charge is 0.340 e. The minimum Gasteiger partial charge on any atom is -0.340 e. The van der Waals surface area contributed by atoms with Crippen molar-refractivity contribution in [3.8, 4) is 0 Å². The van der Waals surface area contributed by atoms with Crippen LogP contribution in [0, 0.1) is 0 Å². The summed E-state index contributed by atoms with van der Waals surface area (Å²) in [5.74, 6) is 0.441. The van der Waals surface area contributed by atoms with Gasteiger partial charge in [0.15, 0.2) is 46.3 Å². The van der Waals surface area contributed by atoms with Crippen LogP contribution in [-0.2, 0) is 26.2 Å². The summed E-state index contributed by atoms with van der Waals surface area (Å²) in [7, 11) is 0. The standard InChI is InChI=1S/C26H32N2O2.C25H28N2O2.2C21H24N2O2.3ClH/c1-17-7-5-8-18(2)27(17)13-6-14-28-25-11-9-21(19(3)29)15-23(25)24-16-22(20(4)30)10-12-26(24)28;1-17-9-13-26(14-10-17)11-4-12-27-24-7-5-20(18(2)28)15-22(24)23-16-21(19(3)29)6-8-25(23)27;1-13(2)22-9-10-23-20-7-5-16(14(3)24)11-18(20)19-12-17(15(4)25)6-8-21(19)23;1-4-9-22-10-11-23-20-7-5-16(14(2)24)12-18(20)19-13-17(15(3)25)6-8-21(19)23;;;/h9-12,15-18H,5-8,13-14H2,1-4H3;5-8,15-16H,1,4,9-14H2,2-3H3;5-8,11-13,22H,9-10H2,1-4H3;5-8,12-13,22H,4,9-11H2,1-3H3;3*1H/t17-,18+;;;;;;. The molecule has 0 unspecified atom stereocenters. The Morgan fingerprint density at radius 3 is 0.866 bits per heavy atom. The number of ketones is 8. The van der Waals surface area contributed by atoms with E-state index >= 15 is 0 Å². The van der Waals surface area contributed by atoms with Crippen LogP contribution in [0.15, 0.2) is 158 Å². The topological polar surface area (TPSA) is 187 Å². The van der Waals surface area contributed by atoms with Gasteiger partial charge in [-0.3, -0.25) is 43.3 Å². The van der Waals surface area contributed by atoms with Gasteiger partial charge in [-0.15, -0.1) is 37.2 Å². The first-order valence-electron chi connectivity index (χ1n) is 39.1. The predicted octanol–water partition coefficient (Wildman–Crippen LogP) is 20.8. The zero-order chi connectivity index (χ0) is 78.1. The average molecular weight is 1580 g/mol. The fraction of sp³-hybridized carbons (Fsp3) is 0.376. The molecule has 592 valence electrons. The normalized spacial score (nSPS) is 14.5. The number of likely N-dealkylation sites (tertiary alicyclic amines) is 2. The molecule has 0 spiro atoms. The summed E-state index contributed by atoms with van der Waals surface area (Å²) in [6.45, 7) is 38.6. The Bertz CT molecular complexity index is 5220. The van der Waals surface area contributed by atoms with Crippen molar-refractivity contribution in [2.24, 2.45) is 0 Å². The number of Topliss-reactive ketones (excluding diaryl/α,β-unsaturated/α-hetero) is 8. The van der Waals surface area contributed by atoms with Crippen molar-refractivity contribution < 1.29 is 38.4 Å². The highest BCUT2D eigenvalue weighted by Gasteiger charge is 2.25. The second-order valence-electron chi connectivity index (χ2n) is 30.4. The van der Waals surface area contributed by atoms with Crippen molar-refractivity contribution in [1.29, 1.82) is 0 Å². The van der Waals surface area contributed by atoms with E-state index in [0.29, 0.717) is 62.6 Å². The van der Waals surface area contributed by atoms with Crippen LogP contribution in [-0.4, -0.2) is 138 Å². The molecule has 19 heteroatoms. The smallest absolute Gasteiger partial charge is 0.159 e. The molecule has 0 amide bonds. The fourth-order valence-electron chi connectivity index (χ4n) is 16.0. The van der Waals surface area contributed by atoms with Gasteiger partial charge in [0.25, 0.3) is 0 Å². The highest BCUT2D eigenvalue weighted by Crippen LogP contribution is 2.37. The van der Waals surface area contributed by atoms with Gasteiger partial charge >= 0.3 is 0 Å². The van der Waals surface area contributed by atoms with Gasteiger partial charge in [0.05, 0.1) is 0 Å². The Hall–Kier alpha value is -9.23. The Morgan fingerprint density at radius 1 is 0.366 bits per heavy atom. The Balaban J connectivity index is 0.000000186. The van der Waals surface area contributed by atoms with Crippen LogP contribution in [0.1, 0.15) is 224 Å². The lowest BCUT2D eigenvalue weighted by Gasteiger charge is -2.39. The summed E-state index contributed by atoms with van der Waals surface area (Å²) in [6.07, 6.45) is 9.39. The SMILES string of the molecule is C=C1CCN(CCCn2c3ccc(C(C)=O)cc3c3cc(C(C)=O)ccc32)CC1.CC(=O)c1ccc2c(c1)c1cc(C(C)=O)ccc1n2CCCN1[C@H](C)CCC[C@@H]1C.CC(=O)c1ccc2c(c1)c1cc(C(C)=O)ccc1n2CCNC(C)C.CCCNCCn1c2ccc(C(C)=O)cc2c2cc(C(C)=O)ccc21.Cl.Cl.Cl. The maximum atomic E-state index is 11.9. The molecule has 6 heterocycles. The summed E-state index contributed by atoms with van der Waals surface area (Å²) in [4.78, 5) is 100. The van der Waals surface area contributed by atoms with Crippen molar-refractivity contribution in [3.63, 3.8) is 0 Å². The monoisotopic (exact) mass is 1570 g/mol. The number of carbonyl (C=O) groups is 8.